The van der Waals surface area contributed by atoms with Crippen LogP contribution in [-0.4, -0.2) is 144 Å². The first-order valence-corrected chi connectivity index (χ1v) is 23.2. The highest BCUT2D eigenvalue weighted by molar-refractivity contribution is 9.10. The fourth-order valence-corrected chi connectivity index (χ4v) is 8.36. The summed E-state index contributed by atoms with van der Waals surface area (Å²) < 4.78 is 106. The van der Waals surface area contributed by atoms with E-state index in [-0.39, 0.29) is 63.3 Å². The van der Waals surface area contributed by atoms with E-state index in [0.29, 0.717) is 98.8 Å². The summed E-state index contributed by atoms with van der Waals surface area (Å²) in [7, 11) is -4.10. The number of amides is 1. The zero-order valence-corrected chi connectivity index (χ0v) is 38.3. The van der Waals surface area contributed by atoms with E-state index in [4.69, 9.17) is 39.1 Å². The number of pyridine rings is 3. The van der Waals surface area contributed by atoms with Crippen molar-refractivity contribution >= 4 is 37.5 Å². The van der Waals surface area contributed by atoms with E-state index in [1.807, 2.05) is 24.0 Å². The predicted octanol–water partition coefficient (Wildman–Crippen LogP) is 5.69. The van der Waals surface area contributed by atoms with Gasteiger partial charge in [-0.3, -0.25) is 4.79 Å². The Morgan fingerprint density at radius 1 is 0.812 bits per heavy atom. The Morgan fingerprint density at radius 3 is 2.08 bits per heavy atom. The molecule has 1 aliphatic rings. The summed E-state index contributed by atoms with van der Waals surface area (Å²) >= 11 is 3.39. The molecule has 0 aliphatic carbocycles. The van der Waals surface area contributed by atoms with E-state index >= 15 is 0 Å². The van der Waals surface area contributed by atoms with Crippen LogP contribution in [0.25, 0.3) is 11.3 Å². The molecule has 0 saturated carbocycles. The molecule has 1 amide bonds. The summed E-state index contributed by atoms with van der Waals surface area (Å²) in [6, 6.07) is 15.8. The van der Waals surface area contributed by atoms with Gasteiger partial charge in [-0.2, -0.15) is 17.5 Å². The van der Waals surface area contributed by atoms with Crippen LogP contribution in [0, 0.1) is 0 Å². The first kappa shape index (κ1) is 50.5. The molecular weight excluding hydrogens is 927 g/mol. The van der Waals surface area contributed by atoms with Gasteiger partial charge in [-0.1, -0.05) is 15.9 Å². The Morgan fingerprint density at radius 2 is 1.45 bits per heavy atom. The summed E-state index contributed by atoms with van der Waals surface area (Å²) in [6.07, 6.45) is -2.95. The van der Waals surface area contributed by atoms with Gasteiger partial charge < -0.3 is 44.0 Å². The van der Waals surface area contributed by atoms with E-state index in [2.05, 4.69) is 25.9 Å². The lowest BCUT2D eigenvalue weighted by Gasteiger charge is -2.37. The van der Waals surface area contributed by atoms with Crippen molar-refractivity contribution in [3.8, 4) is 23.0 Å². The number of benzene rings is 1. The molecule has 0 atom stereocenters. The zero-order valence-electron chi connectivity index (χ0n) is 35.9. The monoisotopic (exact) mass is 981 g/mol. The lowest BCUT2D eigenvalue weighted by atomic mass is 10.1. The Hall–Kier alpha value is -4.48. The molecule has 1 saturated heterocycles. The van der Waals surface area contributed by atoms with Crippen LogP contribution in [0.5, 0.6) is 11.8 Å². The SMILES string of the molecule is CCOc1ccc(C(=O)N2CCN(c3ccc(-c4cccnc4OCC)nc3CN(CCCOCCOCCOCCOCCN)S(=O)(=O)c3ccc(Br)cc3)CC2)c(C(F)(F)F)n1. The minimum absolute atomic E-state index is 0.0702. The van der Waals surface area contributed by atoms with Crippen LogP contribution < -0.4 is 20.1 Å². The van der Waals surface area contributed by atoms with Crippen LogP contribution in [0.4, 0.5) is 18.9 Å². The number of anilines is 1. The normalized spacial score (nSPS) is 13.4. The molecule has 4 heterocycles. The number of ether oxygens (including phenoxy) is 6. The third kappa shape index (κ3) is 14.5. The van der Waals surface area contributed by atoms with E-state index in [1.165, 1.54) is 27.4 Å². The van der Waals surface area contributed by atoms with Crippen LogP contribution in [0.15, 0.2) is 76.2 Å². The van der Waals surface area contributed by atoms with Gasteiger partial charge in [0.1, 0.15) is 0 Å². The fraction of sp³-hybridized carbons (Fsp3) is 0.488. The van der Waals surface area contributed by atoms with E-state index in [1.54, 1.807) is 37.4 Å². The molecule has 64 heavy (non-hydrogen) atoms. The minimum atomic E-state index is -4.89. The van der Waals surface area contributed by atoms with Crippen LogP contribution in [0.3, 0.4) is 0 Å². The van der Waals surface area contributed by atoms with Gasteiger partial charge in [-0.25, -0.2) is 23.4 Å². The van der Waals surface area contributed by atoms with Gasteiger partial charge in [-0.05, 0) is 74.9 Å². The van der Waals surface area contributed by atoms with Crippen LogP contribution >= 0.6 is 15.9 Å². The first-order valence-electron chi connectivity index (χ1n) is 21.0. The van der Waals surface area contributed by atoms with Crippen molar-refractivity contribution in [2.45, 2.75) is 37.9 Å². The van der Waals surface area contributed by atoms with Crippen LogP contribution in [0.1, 0.15) is 42.0 Å². The average Bonchev–Trinajstić information content (AvgIpc) is 3.28. The van der Waals surface area contributed by atoms with Gasteiger partial charge in [0.05, 0.1) is 99.1 Å². The van der Waals surface area contributed by atoms with Crippen LogP contribution in [0.2, 0.25) is 0 Å². The maximum atomic E-state index is 14.4. The number of aromatic nitrogens is 3. The molecular formula is C43H55BrF3N7O9S. The molecule has 1 aromatic carbocycles. The number of nitrogens with zero attached hydrogens (tertiary/aromatic N) is 6. The molecule has 1 fully saturated rings. The number of hydrogen-bond donors (Lipinski definition) is 1. The van der Waals surface area contributed by atoms with Gasteiger partial charge in [-0.15, -0.1) is 0 Å². The van der Waals surface area contributed by atoms with E-state index in [9.17, 15) is 26.4 Å². The second kappa shape index (κ2) is 25.3. The molecule has 0 bridgehead atoms. The number of nitrogens with two attached hydrogens (primary N) is 1. The number of halogens is 4. The molecule has 16 nitrogen and oxygen atoms in total. The van der Waals surface area contributed by atoms with Crippen LogP contribution in [-0.2, 0) is 41.7 Å². The lowest BCUT2D eigenvalue weighted by molar-refractivity contribution is -0.141. The van der Waals surface area contributed by atoms with Crippen molar-refractivity contribution in [1.82, 2.24) is 24.2 Å². The average molecular weight is 983 g/mol. The van der Waals surface area contributed by atoms with Gasteiger partial charge in [0.2, 0.25) is 21.8 Å². The smallest absolute Gasteiger partial charge is 0.434 e. The molecule has 1 aliphatic heterocycles. The number of rotatable bonds is 26. The van der Waals surface area contributed by atoms with Crippen molar-refractivity contribution in [1.29, 1.82) is 0 Å². The molecule has 0 unspecified atom stereocenters. The number of sulfonamides is 1. The molecule has 2 N–H and O–H groups in total. The Kier molecular flexibility index (Phi) is 20.0. The van der Waals surface area contributed by atoms with Crippen molar-refractivity contribution in [3.05, 3.63) is 88.3 Å². The molecule has 21 heteroatoms. The second-order valence-electron chi connectivity index (χ2n) is 14.1. The first-order chi connectivity index (χ1) is 30.9. The highest BCUT2D eigenvalue weighted by Gasteiger charge is 2.39. The highest BCUT2D eigenvalue weighted by Crippen LogP contribution is 2.34. The Labute approximate surface area is 380 Å². The molecule has 0 spiro atoms. The summed E-state index contributed by atoms with van der Waals surface area (Å²) in [4.78, 5) is 30.0. The highest BCUT2D eigenvalue weighted by atomic mass is 79.9. The van der Waals surface area contributed by atoms with Gasteiger partial charge in [0, 0.05) is 62.6 Å². The molecule has 0 radical (unpaired) electrons. The number of carbonyl (C=O) groups is 1. The molecule has 4 aromatic rings. The summed E-state index contributed by atoms with van der Waals surface area (Å²) in [6.45, 7) is 7.87. The molecule has 5 rings (SSSR count). The van der Waals surface area contributed by atoms with Crippen molar-refractivity contribution in [2.24, 2.45) is 5.73 Å². The standard InChI is InChI=1S/C43H55BrF3N7O9S/c1-3-62-39-15-12-35(40(51-39)43(45,46)47)42(55)53-21-19-52(20-22-53)38-14-13-36(34-7-5-17-49-41(34)63-4-2)50-37(38)31-54(64(56,57)33-10-8-32(44)9-11-33)18-6-23-58-25-27-60-29-30-61-28-26-59-24-16-48/h5,7-15,17H,3-4,6,16,18-31,48H2,1-2H3. The molecule has 350 valence electrons. The summed E-state index contributed by atoms with van der Waals surface area (Å²) in [5.41, 5.74) is 5.58. The second-order valence-corrected chi connectivity index (χ2v) is 16.9. The van der Waals surface area contributed by atoms with Crippen molar-refractivity contribution in [3.63, 3.8) is 0 Å². The van der Waals surface area contributed by atoms with E-state index in [0.717, 1.165) is 6.07 Å². The number of carbonyl (C=O) groups excluding carboxylic acids is 1. The predicted molar refractivity (Wildman–Crippen MR) is 236 cm³/mol. The third-order valence-corrected chi connectivity index (χ3v) is 12.1. The van der Waals surface area contributed by atoms with Gasteiger partial charge in [0.15, 0.2) is 5.69 Å². The third-order valence-electron chi connectivity index (χ3n) is 9.70. The van der Waals surface area contributed by atoms with Crippen molar-refractivity contribution < 1.29 is 54.8 Å². The van der Waals surface area contributed by atoms with Crippen molar-refractivity contribution in [2.75, 3.05) is 110 Å². The summed E-state index contributed by atoms with van der Waals surface area (Å²) in [5, 5.41) is 0. The quantitative estimate of drug-likeness (QED) is 0.0759. The van der Waals surface area contributed by atoms with Gasteiger partial charge in [0.25, 0.3) is 5.91 Å². The largest absolute Gasteiger partial charge is 0.478 e. The zero-order chi connectivity index (χ0) is 46.0. The maximum absolute atomic E-state index is 14.4. The minimum Gasteiger partial charge on any atom is -0.478 e. The summed E-state index contributed by atoms with van der Waals surface area (Å²) in [5.74, 6) is -0.690. The Balaban J connectivity index is 1.35. The number of piperazine rings is 1. The number of hydrogen-bond acceptors (Lipinski definition) is 14. The fourth-order valence-electron chi connectivity index (χ4n) is 6.66. The van der Waals surface area contributed by atoms with E-state index < -0.39 is 33.4 Å². The molecule has 3 aromatic heterocycles. The lowest BCUT2D eigenvalue weighted by Crippen LogP contribution is -2.49. The maximum Gasteiger partial charge on any atom is 0.434 e. The number of alkyl halides is 3. The topological polar surface area (TPSA) is 181 Å². The Bertz CT molecular complexity index is 2190. The van der Waals surface area contributed by atoms with Gasteiger partial charge >= 0.3 is 6.18 Å².